The zero-order valence-electron chi connectivity index (χ0n) is 20.6. The van der Waals surface area contributed by atoms with Crippen molar-refractivity contribution in [1.29, 1.82) is 0 Å². The first-order chi connectivity index (χ1) is 17.6. The van der Waals surface area contributed by atoms with E-state index in [2.05, 4.69) is 27.7 Å². The Labute approximate surface area is 214 Å². The molecule has 1 heterocycles. The highest BCUT2D eigenvalue weighted by Gasteiger charge is 2.37. The second-order valence-electron chi connectivity index (χ2n) is 9.74. The van der Waals surface area contributed by atoms with Crippen molar-refractivity contribution in [3.63, 3.8) is 0 Å². The maximum Gasteiger partial charge on any atom is 0.416 e. The van der Waals surface area contributed by atoms with E-state index in [4.69, 9.17) is 4.74 Å². The van der Waals surface area contributed by atoms with Crippen molar-refractivity contribution in [2.24, 2.45) is 0 Å². The topological polar surface area (TPSA) is 90.9 Å². The second kappa shape index (κ2) is 11.5. The van der Waals surface area contributed by atoms with Gasteiger partial charge in [0.2, 0.25) is 5.91 Å². The largest absolute Gasteiger partial charge is 0.497 e. The summed E-state index contributed by atoms with van der Waals surface area (Å²) in [7, 11) is 1.65. The summed E-state index contributed by atoms with van der Waals surface area (Å²) in [6.45, 7) is 0.566. The van der Waals surface area contributed by atoms with Gasteiger partial charge in [0.25, 0.3) is 5.91 Å². The zero-order chi connectivity index (χ0) is 26.6. The lowest BCUT2D eigenvalue weighted by Gasteiger charge is -2.34. The van der Waals surface area contributed by atoms with Crippen molar-refractivity contribution in [2.75, 3.05) is 26.7 Å². The van der Waals surface area contributed by atoms with Gasteiger partial charge in [-0.2, -0.15) is 13.2 Å². The number of halogens is 3. The minimum absolute atomic E-state index is 0.181. The third-order valence-electron chi connectivity index (χ3n) is 7.33. The fraction of sp³-hybridized carbons (Fsp3) is 0.481. The van der Waals surface area contributed by atoms with Crippen LogP contribution in [0, 0.1) is 0 Å². The van der Waals surface area contributed by atoms with Gasteiger partial charge >= 0.3 is 6.18 Å². The fourth-order valence-corrected chi connectivity index (χ4v) is 5.26. The minimum Gasteiger partial charge on any atom is -0.497 e. The van der Waals surface area contributed by atoms with E-state index < -0.39 is 42.2 Å². The van der Waals surface area contributed by atoms with Crippen LogP contribution >= 0.6 is 0 Å². The molecule has 4 rings (SSSR count). The van der Waals surface area contributed by atoms with E-state index in [1.54, 1.807) is 7.11 Å². The first-order valence-electron chi connectivity index (χ1n) is 12.4. The molecule has 2 atom stereocenters. The molecule has 37 heavy (non-hydrogen) atoms. The molecule has 2 amide bonds. The Bertz CT molecular complexity index is 1090. The van der Waals surface area contributed by atoms with Gasteiger partial charge in [0, 0.05) is 24.7 Å². The van der Waals surface area contributed by atoms with Crippen LogP contribution in [-0.4, -0.2) is 66.8 Å². The standard InChI is InChI=1S/C27H32F3N3O4/c1-37-22-11-7-18(8-12-22)17-5-9-21(10-6-17)33-15-23(24(34)16-33)32-25(35)14-31-26(36)19-3-2-4-20(13-19)27(28,29)30/h2-4,7-8,11-13,17,21,23-24,34H,5-6,9-10,14-16H2,1H3,(H,31,36)(H,32,35)/t17?,21?,23-,24-/m0/s1. The number of nitrogens with one attached hydrogen (secondary N) is 2. The van der Waals surface area contributed by atoms with E-state index in [0.717, 1.165) is 49.6 Å². The third kappa shape index (κ3) is 6.81. The van der Waals surface area contributed by atoms with E-state index in [1.165, 1.54) is 11.6 Å². The number of hydrogen-bond acceptors (Lipinski definition) is 5. The molecule has 2 aromatic rings. The van der Waals surface area contributed by atoms with Crippen molar-refractivity contribution in [3.05, 3.63) is 65.2 Å². The molecule has 0 bridgehead atoms. The second-order valence-corrected chi connectivity index (χ2v) is 9.74. The summed E-state index contributed by atoms with van der Waals surface area (Å²) in [5.41, 5.74) is 0.190. The summed E-state index contributed by atoms with van der Waals surface area (Å²) >= 11 is 0. The van der Waals surface area contributed by atoms with E-state index >= 15 is 0 Å². The third-order valence-corrected chi connectivity index (χ3v) is 7.33. The number of aliphatic hydroxyl groups is 1. The summed E-state index contributed by atoms with van der Waals surface area (Å²) < 4.78 is 43.8. The van der Waals surface area contributed by atoms with Crippen LogP contribution < -0.4 is 15.4 Å². The maximum atomic E-state index is 12.9. The Morgan fingerprint density at radius 2 is 1.76 bits per heavy atom. The lowest BCUT2D eigenvalue weighted by molar-refractivity contribution is -0.137. The smallest absolute Gasteiger partial charge is 0.416 e. The molecule has 0 spiro atoms. The molecule has 2 aromatic carbocycles. The molecule has 200 valence electrons. The molecule has 0 radical (unpaired) electrons. The first-order valence-corrected chi connectivity index (χ1v) is 12.4. The van der Waals surface area contributed by atoms with Crippen molar-refractivity contribution < 1.29 is 32.6 Å². The van der Waals surface area contributed by atoms with Crippen LogP contribution in [0.2, 0.25) is 0 Å². The number of hydrogen-bond donors (Lipinski definition) is 3. The highest BCUT2D eigenvalue weighted by molar-refractivity contribution is 5.96. The van der Waals surface area contributed by atoms with E-state index in [0.29, 0.717) is 25.0 Å². The number of nitrogens with zero attached hydrogens (tertiary/aromatic N) is 1. The van der Waals surface area contributed by atoms with Gasteiger partial charge in [-0.05, 0) is 67.5 Å². The predicted octanol–water partition coefficient (Wildman–Crippen LogP) is 3.33. The van der Waals surface area contributed by atoms with Gasteiger partial charge in [-0.25, -0.2) is 0 Å². The van der Waals surface area contributed by atoms with E-state index in [9.17, 15) is 27.9 Å². The summed E-state index contributed by atoms with van der Waals surface area (Å²) in [6, 6.07) is 12.1. The summed E-state index contributed by atoms with van der Waals surface area (Å²) in [4.78, 5) is 26.8. The van der Waals surface area contributed by atoms with Gasteiger partial charge in [0.15, 0.2) is 0 Å². The number of aliphatic hydroxyl groups excluding tert-OH is 1. The molecular formula is C27H32F3N3O4. The molecule has 2 fully saturated rings. The highest BCUT2D eigenvalue weighted by atomic mass is 19.4. The molecule has 0 aromatic heterocycles. The van der Waals surface area contributed by atoms with Gasteiger partial charge in [0.05, 0.1) is 31.4 Å². The molecule has 1 aliphatic carbocycles. The molecule has 3 N–H and O–H groups in total. The van der Waals surface area contributed by atoms with Crippen LogP contribution in [0.3, 0.4) is 0 Å². The molecule has 1 aliphatic heterocycles. The predicted molar refractivity (Wildman–Crippen MR) is 131 cm³/mol. The monoisotopic (exact) mass is 519 g/mol. The Balaban J connectivity index is 1.22. The van der Waals surface area contributed by atoms with Crippen molar-refractivity contribution in [3.8, 4) is 5.75 Å². The zero-order valence-corrected chi connectivity index (χ0v) is 20.6. The number of carbonyl (C=O) groups excluding carboxylic acids is 2. The molecule has 7 nitrogen and oxygen atoms in total. The number of methoxy groups -OCH3 is 1. The molecule has 1 saturated heterocycles. The van der Waals surface area contributed by atoms with Gasteiger partial charge in [0.1, 0.15) is 5.75 Å². The number of ether oxygens (including phenoxy) is 1. The molecule has 2 aliphatic rings. The summed E-state index contributed by atoms with van der Waals surface area (Å²) in [6.07, 6.45) is -1.21. The molecular weight excluding hydrogens is 487 g/mol. The summed E-state index contributed by atoms with van der Waals surface area (Å²) in [5, 5.41) is 15.6. The average Bonchev–Trinajstić information content (AvgIpc) is 3.26. The Kier molecular flexibility index (Phi) is 8.39. The number of carbonyl (C=O) groups is 2. The molecule has 0 unspecified atom stereocenters. The average molecular weight is 520 g/mol. The first kappa shape index (κ1) is 26.9. The van der Waals surface area contributed by atoms with Gasteiger partial charge < -0.3 is 20.5 Å². The Morgan fingerprint density at radius 3 is 2.41 bits per heavy atom. The minimum atomic E-state index is -4.56. The number of benzene rings is 2. The Morgan fingerprint density at radius 1 is 1.05 bits per heavy atom. The van der Waals surface area contributed by atoms with Crippen molar-refractivity contribution >= 4 is 11.8 Å². The van der Waals surface area contributed by atoms with Crippen LogP contribution in [-0.2, 0) is 11.0 Å². The fourth-order valence-electron chi connectivity index (χ4n) is 5.26. The van der Waals surface area contributed by atoms with Crippen LogP contribution in [0.4, 0.5) is 13.2 Å². The molecule has 10 heteroatoms. The van der Waals surface area contributed by atoms with Crippen molar-refractivity contribution in [1.82, 2.24) is 15.5 Å². The SMILES string of the molecule is COc1ccc(C2CCC(N3C[C@H](NC(=O)CNC(=O)c4cccc(C(F)(F)F)c4)[C@@H](O)C3)CC2)cc1. The molecule has 1 saturated carbocycles. The van der Waals surface area contributed by atoms with E-state index in [-0.39, 0.29) is 5.56 Å². The van der Waals surface area contributed by atoms with Gasteiger partial charge in [-0.3, -0.25) is 14.5 Å². The van der Waals surface area contributed by atoms with Gasteiger partial charge in [-0.1, -0.05) is 18.2 Å². The number of β-amino-alcohol motifs (C(OH)–C–C–N with tert-alkyl or cyclic N) is 1. The summed E-state index contributed by atoms with van der Waals surface area (Å²) in [5.74, 6) is 0.0512. The normalized spacial score (nSPS) is 24.5. The number of amides is 2. The quantitative estimate of drug-likeness (QED) is 0.522. The van der Waals surface area contributed by atoms with Crippen molar-refractivity contribution in [2.45, 2.75) is 56.0 Å². The maximum absolute atomic E-state index is 12.9. The van der Waals surface area contributed by atoms with Crippen LogP contribution in [0.25, 0.3) is 0 Å². The van der Waals surface area contributed by atoms with Crippen LogP contribution in [0.1, 0.15) is 53.1 Å². The van der Waals surface area contributed by atoms with Crippen LogP contribution in [0.15, 0.2) is 48.5 Å². The van der Waals surface area contributed by atoms with E-state index in [1.807, 2.05) is 12.1 Å². The number of likely N-dealkylation sites (tertiary alicyclic amines) is 1. The lowest BCUT2D eigenvalue weighted by atomic mass is 9.81. The number of alkyl halides is 3. The van der Waals surface area contributed by atoms with Gasteiger partial charge in [-0.15, -0.1) is 0 Å². The highest BCUT2D eigenvalue weighted by Crippen LogP contribution is 2.36. The number of rotatable bonds is 7. The van der Waals surface area contributed by atoms with Crippen LogP contribution in [0.5, 0.6) is 5.75 Å². The Hall–Kier alpha value is -3.11. The lowest BCUT2D eigenvalue weighted by Crippen LogP contribution is -2.47.